The van der Waals surface area contributed by atoms with Gasteiger partial charge in [0.15, 0.2) is 0 Å². The van der Waals surface area contributed by atoms with E-state index >= 15 is 0 Å². The molecule has 5 nitrogen and oxygen atoms in total. The molecular formula is C9H16N2O3. The molecule has 5 heteroatoms. The number of urea groups is 1. The molecule has 0 bridgehead atoms. The molecule has 80 valence electrons. The van der Waals surface area contributed by atoms with E-state index in [2.05, 4.69) is 5.32 Å². The second kappa shape index (κ2) is 3.86. The van der Waals surface area contributed by atoms with Crippen LogP contribution in [-0.2, 0) is 4.79 Å². The Hall–Kier alpha value is -1.26. The van der Waals surface area contributed by atoms with Crippen LogP contribution in [0.3, 0.4) is 0 Å². The predicted molar refractivity (Wildman–Crippen MR) is 51.1 cm³/mol. The van der Waals surface area contributed by atoms with Crippen molar-refractivity contribution in [2.75, 3.05) is 13.1 Å². The highest BCUT2D eigenvalue weighted by Gasteiger charge is 2.35. The molecule has 1 saturated heterocycles. The molecule has 1 aliphatic rings. The molecule has 14 heavy (non-hydrogen) atoms. The number of amides is 2. The molecule has 2 N–H and O–H groups in total. The molecule has 0 aromatic heterocycles. The Bertz CT molecular complexity index is 250. The third-order valence-electron chi connectivity index (χ3n) is 2.54. The summed E-state index contributed by atoms with van der Waals surface area (Å²) in [6.07, 6.45) is 1.95. The molecule has 1 heterocycles. The second-order valence-electron chi connectivity index (χ2n) is 4.12. The normalized spacial score (nSPS) is 19.4. The van der Waals surface area contributed by atoms with Gasteiger partial charge in [-0.05, 0) is 26.7 Å². The van der Waals surface area contributed by atoms with Crippen molar-refractivity contribution in [1.29, 1.82) is 0 Å². The van der Waals surface area contributed by atoms with Gasteiger partial charge in [-0.2, -0.15) is 0 Å². The third-order valence-corrected chi connectivity index (χ3v) is 2.54. The van der Waals surface area contributed by atoms with Gasteiger partial charge in [-0.1, -0.05) is 0 Å². The SMILES string of the molecule is CC1(C)CCCN1C(=O)NCC(=O)O. The minimum atomic E-state index is -1.02. The fourth-order valence-corrected chi connectivity index (χ4v) is 1.73. The number of likely N-dealkylation sites (tertiary alicyclic amines) is 1. The molecule has 2 amide bonds. The van der Waals surface area contributed by atoms with Crippen LogP contribution in [0, 0.1) is 0 Å². The van der Waals surface area contributed by atoms with Crippen LogP contribution < -0.4 is 5.32 Å². The largest absolute Gasteiger partial charge is 0.480 e. The van der Waals surface area contributed by atoms with Gasteiger partial charge < -0.3 is 15.3 Å². The number of carboxylic acids is 1. The number of carbonyl (C=O) groups excluding carboxylic acids is 1. The summed E-state index contributed by atoms with van der Waals surface area (Å²) in [5.74, 6) is -1.02. The Morgan fingerprint density at radius 3 is 2.57 bits per heavy atom. The molecule has 0 saturated carbocycles. The van der Waals surface area contributed by atoms with Crippen molar-refractivity contribution in [1.82, 2.24) is 10.2 Å². The van der Waals surface area contributed by atoms with E-state index < -0.39 is 5.97 Å². The molecule has 1 fully saturated rings. The van der Waals surface area contributed by atoms with Crippen LogP contribution in [0.15, 0.2) is 0 Å². The number of aliphatic carboxylic acids is 1. The van der Waals surface area contributed by atoms with E-state index in [9.17, 15) is 9.59 Å². The zero-order valence-electron chi connectivity index (χ0n) is 8.54. The number of carboxylic acid groups (broad SMARTS) is 1. The molecule has 0 atom stereocenters. The maximum absolute atomic E-state index is 11.5. The summed E-state index contributed by atoms with van der Waals surface area (Å²) in [6.45, 7) is 4.37. The van der Waals surface area contributed by atoms with E-state index in [1.807, 2.05) is 13.8 Å². The lowest BCUT2D eigenvalue weighted by molar-refractivity contribution is -0.135. The number of nitrogens with one attached hydrogen (secondary N) is 1. The Kier molecular flexibility index (Phi) is 2.98. The van der Waals surface area contributed by atoms with Crippen LogP contribution in [0.2, 0.25) is 0 Å². The van der Waals surface area contributed by atoms with Gasteiger partial charge in [0.25, 0.3) is 0 Å². The maximum atomic E-state index is 11.5. The lowest BCUT2D eigenvalue weighted by Gasteiger charge is -2.31. The van der Waals surface area contributed by atoms with Crippen LogP contribution in [-0.4, -0.2) is 40.6 Å². The van der Waals surface area contributed by atoms with Crippen LogP contribution in [0.25, 0.3) is 0 Å². The average molecular weight is 200 g/mol. The number of hydrogen-bond acceptors (Lipinski definition) is 2. The van der Waals surface area contributed by atoms with E-state index in [0.29, 0.717) is 6.54 Å². The number of rotatable bonds is 2. The van der Waals surface area contributed by atoms with Crippen LogP contribution in [0.1, 0.15) is 26.7 Å². The summed E-state index contributed by atoms with van der Waals surface area (Å²) in [6, 6.07) is -0.282. The Morgan fingerprint density at radius 1 is 1.50 bits per heavy atom. The van der Waals surface area contributed by atoms with Gasteiger partial charge in [0, 0.05) is 12.1 Å². The molecular weight excluding hydrogens is 184 g/mol. The summed E-state index contributed by atoms with van der Waals surface area (Å²) < 4.78 is 0. The van der Waals surface area contributed by atoms with E-state index in [1.54, 1.807) is 4.90 Å². The summed E-state index contributed by atoms with van der Waals surface area (Å²) >= 11 is 0. The number of hydrogen-bond donors (Lipinski definition) is 2. The van der Waals surface area contributed by atoms with Crippen LogP contribution >= 0.6 is 0 Å². The summed E-state index contributed by atoms with van der Waals surface area (Å²) in [5.41, 5.74) is -0.150. The first-order valence-electron chi connectivity index (χ1n) is 4.71. The minimum absolute atomic E-state index is 0.150. The number of carbonyl (C=O) groups is 2. The topological polar surface area (TPSA) is 69.6 Å². The molecule has 0 spiro atoms. The molecule has 0 radical (unpaired) electrons. The van der Waals surface area contributed by atoms with E-state index in [1.165, 1.54) is 0 Å². The van der Waals surface area contributed by atoms with E-state index in [0.717, 1.165) is 12.8 Å². The van der Waals surface area contributed by atoms with Gasteiger partial charge >= 0.3 is 12.0 Å². The first-order valence-corrected chi connectivity index (χ1v) is 4.71. The first-order chi connectivity index (χ1) is 6.43. The Labute approximate surface area is 83.1 Å². The quantitative estimate of drug-likeness (QED) is 0.687. The molecule has 0 aromatic rings. The highest BCUT2D eigenvalue weighted by Crippen LogP contribution is 2.27. The molecule has 0 aromatic carbocycles. The zero-order chi connectivity index (χ0) is 10.8. The predicted octanol–water partition coefficient (Wildman–Crippen LogP) is 0.655. The van der Waals surface area contributed by atoms with Crippen molar-refractivity contribution in [3.63, 3.8) is 0 Å². The Balaban J connectivity index is 2.48. The zero-order valence-corrected chi connectivity index (χ0v) is 8.54. The second-order valence-corrected chi connectivity index (χ2v) is 4.12. The van der Waals surface area contributed by atoms with Crippen molar-refractivity contribution >= 4 is 12.0 Å². The van der Waals surface area contributed by atoms with Crippen molar-refractivity contribution < 1.29 is 14.7 Å². The van der Waals surface area contributed by atoms with Gasteiger partial charge in [0.2, 0.25) is 0 Å². The van der Waals surface area contributed by atoms with Crippen molar-refractivity contribution in [3.8, 4) is 0 Å². The van der Waals surface area contributed by atoms with Crippen molar-refractivity contribution in [2.45, 2.75) is 32.2 Å². The molecule has 0 aliphatic carbocycles. The first kappa shape index (κ1) is 10.8. The fraction of sp³-hybridized carbons (Fsp3) is 0.778. The number of nitrogens with zero attached hydrogens (tertiary/aromatic N) is 1. The van der Waals surface area contributed by atoms with Gasteiger partial charge in [0.1, 0.15) is 6.54 Å². The van der Waals surface area contributed by atoms with Gasteiger partial charge in [-0.15, -0.1) is 0 Å². The van der Waals surface area contributed by atoms with Gasteiger partial charge in [-0.25, -0.2) is 4.79 Å². The summed E-state index contributed by atoms with van der Waals surface area (Å²) in [5, 5.41) is 10.8. The molecule has 1 rings (SSSR count). The lowest BCUT2D eigenvalue weighted by atomic mass is 10.0. The van der Waals surface area contributed by atoms with Crippen molar-refractivity contribution in [3.05, 3.63) is 0 Å². The molecule has 1 aliphatic heterocycles. The standard InChI is InChI=1S/C9H16N2O3/c1-9(2)4-3-5-11(9)8(14)10-6-7(12)13/h3-6H2,1-2H3,(H,10,14)(H,12,13). The van der Waals surface area contributed by atoms with Gasteiger partial charge in [0.05, 0.1) is 0 Å². The maximum Gasteiger partial charge on any atom is 0.323 e. The van der Waals surface area contributed by atoms with Gasteiger partial charge in [-0.3, -0.25) is 4.79 Å². The molecule has 0 unspecified atom stereocenters. The summed E-state index contributed by atoms with van der Waals surface area (Å²) in [4.78, 5) is 23.5. The monoisotopic (exact) mass is 200 g/mol. The van der Waals surface area contributed by atoms with Crippen molar-refractivity contribution in [2.24, 2.45) is 0 Å². The van der Waals surface area contributed by atoms with Crippen LogP contribution in [0.5, 0.6) is 0 Å². The summed E-state index contributed by atoms with van der Waals surface area (Å²) in [7, 11) is 0. The minimum Gasteiger partial charge on any atom is -0.480 e. The van der Waals surface area contributed by atoms with E-state index in [-0.39, 0.29) is 18.1 Å². The smallest absolute Gasteiger partial charge is 0.323 e. The third kappa shape index (κ3) is 2.37. The van der Waals surface area contributed by atoms with E-state index in [4.69, 9.17) is 5.11 Å². The average Bonchev–Trinajstić information content (AvgIpc) is 2.41. The van der Waals surface area contributed by atoms with Crippen LogP contribution in [0.4, 0.5) is 4.79 Å². The Morgan fingerprint density at radius 2 is 2.14 bits per heavy atom. The fourth-order valence-electron chi connectivity index (χ4n) is 1.73. The highest BCUT2D eigenvalue weighted by atomic mass is 16.4. The highest BCUT2D eigenvalue weighted by molar-refractivity contribution is 5.80. The lowest BCUT2D eigenvalue weighted by Crippen LogP contribution is -2.49.